The van der Waals surface area contributed by atoms with E-state index in [1.165, 1.54) is 0 Å². The van der Waals surface area contributed by atoms with Gasteiger partial charge in [0, 0.05) is 19.1 Å². The number of aliphatic imine (C=N–C) groups is 1. The van der Waals surface area contributed by atoms with Gasteiger partial charge in [0.1, 0.15) is 0 Å². The van der Waals surface area contributed by atoms with Crippen LogP contribution in [0.25, 0.3) is 0 Å². The zero-order chi connectivity index (χ0) is 15.7. The van der Waals surface area contributed by atoms with Crippen LogP contribution in [0, 0.1) is 0 Å². The van der Waals surface area contributed by atoms with Crippen LogP contribution < -0.4 is 15.4 Å². The van der Waals surface area contributed by atoms with Gasteiger partial charge in [-0.2, -0.15) is 0 Å². The van der Waals surface area contributed by atoms with E-state index in [0.717, 1.165) is 32.2 Å². The number of nitrogens with zero attached hydrogens (tertiary/aromatic N) is 1. The molecule has 0 aromatic rings. The van der Waals surface area contributed by atoms with Gasteiger partial charge in [-0.1, -0.05) is 0 Å². The molecule has 21 heavy (non-hydrogen) atoms. The molecule has 0 radical (unpaired) electrons. The fourth-order valence-electron chi connectivity index (χ4n) is 2.20. The van der Waals surface area contributed by atoms with E-state index in [1.807, 2.05) is 6.92 Å². The van der Waals surface area contributed by atoms with Crippen LogP contribution in [0.4, 0.5) is 0 Å². The van der Waals surface area contributed by atoms with E-state index < -0.39 is 10.0 Å². The summed E-state index contributed by atoms with van der Waals surface area (Å²) in [6, 6.07) is 0.318. The Balaban J connectivity index is 2.39. The minimum atomic E-state index is -3.15. The second kappa shape index (κ2) is 9.22. The second-order valence-corrected chi connectivity index (χ2v) is 7.30. The van der Waals surface area contributed by atoms with Crippen LogP contribution in [0.3, 0.4) is 0 Å². The Bertz CT molecular complexity index is 417. The van der Waals surface area contributed by atoms with Crippen molar-refractivity contribution in [2.75, 3.05) is 25.4 Å². The van der Waals surface area contributed by atoms with Gasteiger partial charge in [-0.3, -0.25) is 4.99 Å². The van der Waals surface area contributed by atoms with Crippen molar-refractivity contribution < 1.29 is 13.5 Å². The van der Waals surface area contributed by atoms with E-state index in [0.29, 0.717) is 25.1 Å². The minimum Gasteiger partial charge on any atom is -0.393 e. The van der Waals surface area contributed by atoms with Crippen LogP contribution in [0.1, 0.15) is 39.5 Å². The molecule has 1 aliphatic carbocycles. The Labute approximate surface area is 127 Å². The molecule has 1 aliphatic rings. The second-order valence-electron chi connectivity index (χ2n) is 5.21. The van der Waals surface area contributed by atoms with Crippen LogP contribution in [-0.2, 0) is 10.0 Å². The third-order valence-electron chi connectivity index (χ3n) is 3.47. The van der Waals surface area contributed by atoms with Crippen LogP contribution in [0.15, 0.2) is 4.99 Å². The summed E-state index contributed by atoms with van der Waals surface area (Å²) in [5, 5.41) is 16.0. The van der Waals surface area contributed by atoms with Gasteiger partial charge in [0.25, 0.3) is 0 Å². The molecule has 7 nitrogen and oxygen atoms in total. The number of nitrogens with one attached hydrogen (secondary N) is 3. The highest BCUT2D eigenvalue weighted by Gasteiger charge is 2.19. The first kappa shape index (κ1) is 18.2. The Hall–Kier alpha value is -0.860. The normalized spacial score (nSPS) is 23.9. The molecule has 4 N–H and O–H groups in total. The summed E-state index contributed by atoms with van der Waals surface area (Å²) < 4.78 is 25.1. The molecule has 1 saturated carbocycles. The first-order valence-electron chi connectivity index (χ1n) is 7.67. The molecule has 0 amide bonds. The van der Waals surface area contributed by atoms with E-state index in [4.69, 9.17) is 0 Å². The fraction of sp³-hybridized carbons (Fsp3) is 0.923. The molecule has 0 unspecified atom stereocenters. The van der Waals surface area contributed by atoms with Crippen LogP contribution >= 0.6 is 0 Å². The first-order valence-corrected chi connectivity index (χ1v) is 9.32. The Morgan fingerprint density at radius 1 is 1.24 bits per heavy atom. The Kier molecular flexibility index (Phi) is 7.98. The van der Waals surface area contributed by atoms with Crippen molar-refractivity contribution in [3.8, 4) is 0 Å². The van der Waals surface area contributed by atoms with Crippen LogP contribution in [0.5, 0.6) is 0 Å². The van der Waals surface area contributed by atoms with Gasteiger partial charge < -0.3 is 15.7 Å². The summed E-state index contributed by atoms with van der Waals surface area (Å²) in [5.41, 5.74) is 0. The topological polar surface area (TPSA) is 103 Å². The van der Waals surface area contributed by atoms with Gasteiger partial charge >= 0.3 is 0 Å². The smallest absolute Gasteiger partial charge is 0.211 e. The number of rotatable bonds is 7. The molecule has 124 valence electrons. The molecule has 1 rings (SSSR count). The summed E-state index contributed by atoms with van der Waals surface area (Å²) >= 11 is 0. The summed E-state index contributed by atoms with van der Waals surface area (Å²) in [6.45, 7) is 5.04. The number of sulfonamides is 1. The summed E-state index contributed by atoms with van der Waals surface area (Å²) in [7, 11) is -3.15. The highest BCUT2D eigenvalue weighted by Crippen LogP contribution is 2.18. The lowest BCUT2D eigenvalue weighted by atomic mass is 9.93. The van der Waals surface area contributed by atoms with Crippen molar-refractivity contribution in [1.82, 2.24) is 15.4 Å². The van der Waals surface area contributed by atoms with Crippen molar-refractivity contribution in [3.05, 3.63) is 0 Å². The predicted molar refractivity (Wildman–Crippen MR) is 84.8 cm³/mol. The third-order valence-corrected chi connectivity index (χ3v) is 4.87. The molecular weight excluding hydrogens is 292 g/mol. The minimum absolute atomic E-state index is 0.0828. The van der Waals surface area contributed by atoms with Crippen molar-refractivity contribution >= 4 is 16.0 Å². The number of aliphatic hydroxyl groups is 1. The van der Waals surface area contributed by atoms with E-state index in [2.05, 4.69) is 20.3 Å². The molecule has 0 saturated heterocycles. The highest BCUT2D eigenvalue weighted by molar-refractivity contribution is 7.89. The lowest BCUT2D eigenvalue weighted by Crippen LogP contribution is -2.45. The molecule has 0 aromatic heterocycles. The van der Waals surface area contributed by atoms with Gasteiger partial charge in [-0.25, -0.2) is 13.1 Å². The van der Waals surface area contributed by atoms with Gasteiger partial charge in [0.2, 0.25) is 10.0 Å². The van der Waals surface area contributed by atoms with Crippen LogP contribution in [0.2, 0.25) is 0 Å². The van der Waals surface area contributed by atoms with Crippen molar-refractivity contribution in [2.45, 2.75) is 51.7 Å². The zero-order valence-corrected chi connectivity index (χ0v) is 13.7. The van der Waals surface area contributed by atoms with Crippen molar-refractivity contribution in [3.63, 3.8) is 0 Å². The van der Waals surface area contributed by atoms with Crippen LogP contribution in [-0.4, -0.2) is 57.0 Å². The van der Waals surface area contributed by atoms with E-state index in [1.54, 1.807) is 6.92 Å². The number of aliphatic hydroxyl groups excluding tert-OH is 1. The summed E-state index contributed by atoms with van der Waals surface area (Å²) in [6.07, 6.45) is 3.30. The maximum atomic E-state index is 11.3. The van der Waals surface area contributed by atoms with Gasteiger partial charge in [-0.05, 0) is 39.5 Å². The van der Waals surface area contributed by atoms with Crippen molar-refractivity contribution in [2.24, 2.45) is 4.99 Å². The number of hydrogen-bond acceptors (Lipinski definition) is 4. The molecule has 0 atom stereocenters. The van der Waals surface area contributed by atoms with Gasteiger partial charge in [0.15, 0.2) is 5.96 Å². The maximum Gasteiger partial charge on any atom is 0.211 e. The SMILES string of the molecule is CCNC(=NCCNS(=O)(=O)CC)NC1CCC(O)CC1. The highest BCUT2D eigenvalue weighted by atomic mass is 32.2. The summed E-state index contributed by atoms with van der Waals surface area (Å²) in [5.74, 6) is 0.786. The fourth-order valence-corrected chi connectivity index (χ4v) is 2.81. The Morgan fingerprint density at radius 2 is 1.90 bits per heavy atom. The molecule has 8 heteroatoms. The lowest BCUT2D eigenvalue weighted by molar-refractivity contribution is 0.120. The average molecular weight is 320 g/mol. The van der Waals surface area contributed by atoms with E-state index in [9.17, 15) is 13.5 Å². The molecular formula is C13H28N4O3S. The molecule has 0 aromatic carbocycles. The molecule has 0 bridgehead atoms. The van der Waals surface area contributed by atoms with Gasteiger partial charge in [-0.15, -0.1) is 0 Å². The molecule has 1 fully saturated rings. The lowest BCUT2D eigenvalue weighted by Gasteiger charge is -2.27. The zero-order valence-electron chi connectivity index (χ0n) is 12.9. The molecule has 0 spiro atoms. The Morgan fingerprint density at radius 3 is 2.48 bits per heavy atom. The van der Waals surface area contributed by atoms with Crippen molar-refractivity contribution in [1.29, 1.82) is 0 Å². The maximum absolute atomic E-state index is 11.3. The first-order chi connectivity index (χ1) is 9.96. The van der Waals surface area contributed by atoms with Gasteiger partial charge in [0.05, 0.1) is 18.4 Å². The largest absolute Gasteiger partial charge is 0.393 e. The van der Waals surface area contributed by atoms with E-state index >= 15 is 0 Å². The average Bonchev–Trinajstić information content (AvgIpc) is 2.46. The number of hydrogen-bond donors (Lipinski definition) is 4. The number of guanidine groups is 1. The molecule has 0 aliphatic heterocycles. The predicted octanol–water partition coefficient (Wildman–Crippen LogP) is -0.216. The standard InChI is InChI=1S/C13H28N4O3S/c1-3-14-13(15-9-10-16-21(19,20)4-2)17-11-5-7-12(18)8-6-11/h11-12,16,18H,3-10H2,1-2H3,(H2,14,15,17). The third kappa shape index (κ3) is 7.63. The molecule has 0 heterocycles. The monoisotopic (exact) mass is 320 g/mol. The summed E-state index contributed by atoms with van der Waals surface area (Å²) in [4.78, 5) is 4.37. The quantitative estimate of drug-likeness (QED) is 0.295. The van der Waals surface area contributed by atoms with E-state index in [-0.39, 0.29) is 11.9 Å².